The van der Waals surface area contributed by atoms with E-state index in [1.54, 1.807) is 12.1 Å². The van der Waals surface area contributed by atoms with Crippen molar-refractivity contribution < 1.29 is 4.39 Å². The second kappa shape index (κ2) is 9.50. The molecule has 0 spiro atoms. The zero-order valence-corrected chi connectivity index (χ0v) is 17.1. The fourth-order valence-electron chi connectivity index (χ4n) is 3.16. The van der Waals surface area contributed by atoms with Gasteiger partial charge >= 0.3 is 0 Å². The molecular weight excluding hydrogens is 395 g/mol. The van der Waals surface area contributed by atoms with E-state index in [1.807, 2.05) is 50.2 Å². The predicted molar refractivity (Wildman–Crippen MR) is 119 cm³/mol. The van der Waals surface area contributed by atoms with Crippen LogP contribution in [0.5, 0.6) is 0 Å². The molecule has 4 aromatic rings. The molecule has 0 bridgehead atoms. The first-order valence-corrected chi connectivity index (χ1v) is 9.72. The molecule has 4 rings (SSSR count). The molecule has 0 unspecified atom stereocenters. The summed E-state index contributed by atoms with van der Waals surface area (Å²) in [5.74, 6) is -0.153. The number of nitrogens with zero attached hydrogens (tertiary/aromatic N) is 4. The molecule has 0 saturated carbocycles. The second-order valence-electron chi connectivity index (χ2n) is 6.31. The molecule has 0 aliphatic heterocycles. The third-order valence-electron chi connectivity index (χ3n) is 4.52. The molecule has 0 fully saturated rings. The number of nitrogen functional groups attached to an aromatic ring is 1. The number of pyridine rings is 2. The minimum absolute atomic E-state index is 0.0716. The average Bonchev–Trinajstić information content (AvgIpc) is 2.80. The number of anilines is 2. The number of benzene rings is 1. The van der Waals surface area contributed by atoms with E-state index in [4.69, 9.17) is 5.73 Å². The first-order valence-electron chi connectivity index (χ1n) is 9.72. The Labute approximate surface area is 178 Å². The van der Waals surface area contributed by atoms with E-state index >= 15 is 0 Å². The zero-order valence-electron chi connectivity index (χ0n) is 17.1. The molecule has 3 aromatic heterocycles. The normalized spacial score (nSPS) is 10.1. The van der Waals surface area contributed by atoms with Crippen LogP contribution >= 0.6 is 0 Å². The summed E-state index contributed by atoms with van der Waals surface area (Å²) in [6.45, 7) is 4.21. The molecule has 3 N–H and O–H groups in total. The van der Waals surface area contributed by atoms with E-state index in [1.165, 1.54) is 23.0 Å². The van der Waals surface area contributed by atoms with Crippen molar-refractivity contribution in [1.29, 1.82) is 5.26 Å². The van der Waals surface area contributed by atoms with Crippen LogP contribution in [0.25, 0.3) is 16.6 Å². The van der Waals surface area contributed by atoms with E-state index in [0.717, 1.165) is 0 Å². The maximum atomic E-state index is 13.7. The van der Waals surface area contributed by atoms with E-state index in [9.17, 15) is 14.4 Å². The molecule has 0 aliphatic rings. The maximum Gasteiger partial charge on any atom is 0.263 e. The van der Waals surface area contributed by atoms with Crippen LogP contribution in [0.2, 0.25) is 0 Å². The highest BCUT2D eigenvalue weighted by Crippen LogP contribution is 2.24. The summed E-state index contributed by atoms with van der Waals surface area (Å²) >= 11 is 0. The highest BCUT2D eigenvalue weighted by Gasteiger charge is 2.15. The number of hydrogen-bond donors (Lipinski definition) is 2. The molecule has 0 saturated heterocycles. The van der Waals surface area contributed by atoms with Gasteiger partial charge in [0.15, 0.2) is 0 Å². The third-order valence-corrected chi connectivity index (χ3v) is 4.52. The molecule has 0 radical (unpaired) electrons. The lowest BCUT2D eigenvalue weighted by Gasteiger charge is -2.14. The average molecular weight is 416 g/mol. The van der Waals surface area contributed by atoms with Crippen LogP contribution in [0.15, 0.2) is 65.8 Å². The smallest absolute Gasteiger partial charge is 0.263 e. The molecule has 0 atom stereocenters. The first kappa shape index (κ1) is 21.5. The van der Waals surface area contributed by atoms with Crippen molar-refractivity contribution >= 4 is 17.2 Å². The topological polar surface area (TPSA) is 109 Å². The van der Waals surface area contributed by atoms with Gasteiger partial charge in [-0.1, -0.05) is 44.2 Å². The van der Waals surface area contributed by atoms with E-state index in [2.05, 4.69) is 15.3 Å². The van der Waals surface area contributed by atoms with Gasteiger partial charge in [-0.25, -0.2) is 14.4 Å². The fraction of sp³-hybridized carbons (Fsp3) is 0.130. The summed E-state index contributed by atoms with van der Waals surface area (Å²) < 4.78 is 15.0. The summed E-state index contributed by atoms with van der Waals surface area (Å²) in [5.41, 5.74) is 7.89. The number of nitrogens with one attached hydrogen (secondary N) is 1. The van der Waals surface area contributed by atoms with Gasteiger partial charge < -0.3 is 11.1 Å². The van der Waals surface area contributed by atoms with Gasteiger partial charge in [0.1, 0.15) is 35.4 Å². The standard InChI is InChI=1S/C21H15FN6O.C2H6/c22-15-6-7-16-8-14(10-25-20-17(9-23)19(24)26-12-27-20)18(21(29)28(16)11-15)13-4-2-1-3-5-13;1-2/h1-8,11-12H,10H2,(H3,24,25,26,27);1-2H3. The Morgan fingerprint density at radius 3 is 2.61 bits per heavy atom. The number of nitrogens with two attached hydrogens (primary N) is 1. The fourth-order valence-corrected chi connectivity index (χ4v) is 3.16. The molecule has 3 heterocycles. The molecule has 0 aliphatic carbocycles. The lowest BCUT2D eigenvalue weighted by Crippen LogP contribution is -2.19. The monoisotopic (exact) mass is 416 g/mol. The minimum atomic E-state index is -0.500. The number of nitriles is 1. The van der Waals surface area contributed by atoms with Crippen molar-refractivity contribution in [1.82, 2.24) is 14.4 Å². The summed E-state index contributed by atoms with van der Waals surface area (Å²) in [5, 5.41) is 12.4. The molecule has 31 heavy (non-hydrogen) atoms. The van der Waals surface area contributed by atoms with Crippen LogP contribution in [0.4, 0.5) is 16.0 Å². The van der Waals surface area contributed by atoms with Gasteiger partial charge in [-0.2, -0.15) is 5.26 Å². The quantitative estimate of drug-likeness (QED) is 0.521. The van der Waals surface area contributed by atoms with Gasteiger partial charge in [-0.05, 0) is 29.3 Å². The lowest BCUT2D eigenvalue weighted by atomic mass is 10.0. The van der Waals surface area contributed by atoms with Crippen molar-refractivity contribution in [2.45, 2.75) is 20.4 Å². The number of halogens is 1. The lowest BCUT2D eigenvalue weighted by molar-refractivity contribution is 0.618. The number of rotatable bonds is 4. The highest BCUT2D eigenvalue weighted by molar-refractivity contribution is 5.71. The zero-order chi connectivity index (χ0) is 22.4. The van der Waals surface area contributed by atoms with Crippen LogP contribution < -0.4 is 16.6 Å². The van der Waals surface area contributed by atoms with Crippen molar-refractivity contribution in [3.8, 4) is 17.2 Å². The third kappa shape index (κ3) is 4.36. The Hall–Kier alpha value is -4.25. The van der Waals surface area contributed by atoms with Crippen LogP contribution in [0.1, 0.15) is 25.0 Å². The van der Waals surface area contributed by atoms with Gasteiger partial charge in [-0.3, -0.25) is 9.20 Å². The van der Waals surface area contributed by atoms with Crippen molar-refractivity contribution in [3.05, 3.63) is 88.4 Å². The van der Waals surface area contributed by atoms with Gasteiger partial charge in [0.05, 0.1) is 5.56 Å². The SMILES string of the molecule is CC.N#Cc1c(N)ncnc1NCc1cc2ccc(F)cn2c(=O)c1-c1ccccc1. The van der Waals surface area contributed by atoms with Crippen molar-refractivity contribution in [3.63, 3.8) is 0 Å². The van der Waals surface area contributed by atoms with Crippen molar-refractivity contribution in [2.24, 2.45) is 0 Å². The van der Waals surface area contributed by atoms with E-state index < -0.39 is 5.82 Å². The van der Waals surface area contributed by atoms with Crippen LogP contribution in [-0.4, -0.2) is 14.4 Å². The Bertz CT molecular complexity index is 1310. The maximum absolute atomic E-state index is 13.7. The van der Waals surface area contributed by atoms with Crippen LogP contribution in [-0.2, 0) is 6.54 Å². The molecular formula is C23H21FN6O. The van der Waals surface area contributed by atoms with Gasteiger partial charge in [-0.15, -0.1) is 0 Å². The Morgan fingerprint density at radius 1 is 1.16 bits per heavy atom. The number of aromatic nitrogens is 3. The largest absolute Gasteiger partial charge is 0.382 e. The Kier molecular flexibility index (Phi) is 6.58. The summed E-state index contributed by atoms with van der Waals surface area (Å²) in [6, 6.07) is 15.7. The molecule has 8 heteroatoms. The Morgan fingerprint density at radius 2 is 1.90 bits per heavy atom. The molecule has 7 nitrogen and oxygen atoms in total. The minimum Gasteiger partial charge on any atom is -0.382 e. The summed E-state index contributed by atoms with van der Waals surface area (Å²) in [6.07, 6.45) is 2.43. The second-order valence-corrected chi connectivity index (χ2v) is 6.31. The van der Waals surface area contributed by atoms with Crippen molar-refractivity contribution in [2.75, 3.05) is 11.1 Å². The Balaban J connectivity index is 0.00000132. The van der Waals surface area contributed by atoms with Gasteiger partial charge in [0.25, 0.3) is 5.56 Å². The van der Waals surface area contributed by atoms with E-state index in [0.29, 0.717) is 22.2 Å². The highest BCUT2D eigenvalue weighted by atomic mass is 19.1. The summed E-state index contributed by atoms with van der Waals surface area (Å²) in [7, 11) is 0. The van der Waals surface area contributed by atoms with Gasteiger partial charge in [0.2, 0.25) is 0 Å². The van der Waals surface area contributed by atoms with Gasteiger partial charge in [0, 0.05) is 18.3 Å². The number of fused-ring (bicyclic) bond motifs is 1. The summed E-state index contributed by atoms with van der Waals surface area (Å²) in [4.78, 5) is 21.0. The first-order chi connectivity index (χ1) is 15.1. The molecule has 0 amide bonds. The van der Waals surface area contributed by atoms with Crippen LogP contribution in [0, 0.1) is 17.1 Å². The molecule has 156 valence electrons. The van der Waals surface area contributed by atoms with Crippen LogP contribution in [0.3, 0.4) is 0 Å². The molecule has 1 aromatic carbocycles. The van der Waals surface area contributed by atoms with E-state index in [-0.39, 0.29) is 29.3 Å². The predicted octanol–water partition coefficient (Wildman–Crippen LogP) is 3.99. The number of hydrogen-bond acceptors (Lipinski definition) is 6.